The van der Waals surface area contributed by atoms with Crippen LogP contribution < -0.4 is 9.62 Å². The van der Waals surface area contributed by atoms with E-state index in [0.717, 1.165) is 33.8 Å². The van der Waals surface area contributed by atoms with E-state index in [4.69, 9.17) is 11.6 Å². The number of aryl methyl sites for hydroxylation is 2. The van der Waals surface area contributed by atoms with Crippen LogP contribution in [0, 0.1) is 13.8 Å². The predicted octanol–water partition coefficient (Wildman–Crippen LogP) is 5.88. The van der Waals surface area contributed by atoms with Gasteiger partial charge in [-0.2, -0.15) is 0 Å². The molecule has 0 bridgehead atoms. The predicted molar refractivity (Wildman–Crippen MR) is 161 cm³/mol. The lowest BCUT2D eigenvalue weighted by atomic mass is 10.1. The highest BCUT2D eigenvalue weighted by Gasteiger charge is 2.33. The molecule has 3 aromatic rings. The van der Waals surface area contributed by atoms with Crippen molar-refractivity contribution in [3.05, 3.63) is 94.5 Å². The summed E-state index contributed by atoms with van der Waals surface area (Å²) in [6.07, 6.45) is 2.13. The Balaban J connectivity index is 2.05. The van der Waals surface area contributed by atoms with Gasteiger partial charge in [-0.25, -0.2) is 8.42 Å². The van der Waals surface area contributed by atoms with E-state index < -0.39 is 28.5 Å². The van der Waals surface area contributed by atoms with E-state index in [9.17, 15) is 18.0 Å². The van der Waals surface area contributed by atoms with Gasteiger partial charge >= 0.3 is 0 Å². The Kier molecular flexibility index (Phi) is 11.2. The third kappa shape index (κ3) is 7.86. The molecular weight excluding hydrogens is 546 g/mol. The van der Waals surface area contributed by atoms with Gasteiger partial charge in [0.2, 0.25) is 11.8 Å². The van der Waals surface area contributed by atoms with Gasteiger partial charge in [-0.05, 0) is 79.8 Å². The number of halogens is 1. The van der Waals surface area contributed by atoms with Crippen molar-refractivity contribution in [1.82, 2.24) is 10.2 Å². The summed E-state index contributed by atoms with van der Waals surface area (Å²) in [6.45, 7) is 7.91. The van der Waals surface area contributed by atoms with E-state index in [0.29, 0.717) is 23.7 Å². The van der Waals surface area contributed by atoms with Gasteiger partial charge in [-0.3, -0.25) is 13.9 Å². The van der Waals surface area contributed by atoms with Gasteiger partial charge in [0.05, 0.1) is 10.6 Å². The highest BCUT2D eigenvalue weighted by atomic mass is 35.5. The number of unbranched alkanes of at least 4 members (excludes halogenated alkanes) is 1. The minimum atomic E-state index is -4.14. The van der Waals surface area contributed by atoms with Gasteiger partial charge in [0, 0.05) is 18.1 Å². The SMILES string of the molecule is CCCCNC(=O)C(CC)N(Cc1ccccc1C)C(=O)CN(c1cccc(C)c1)S(=O)(=O)c1ccc(Cl)cc1. The van der Waals surface area contributed by atoms with E-state index >= 15 is 0 Å². The van der Waals surface area contributed by atoms with Crippen LogP contribution in [-0.4, -0.2) is 44.3 Å². The molecule has 0 saturated heterocycles. The fourth-order valence-corrected chi connectivity index (χ4v) is 5.97. The maximum absolute atomic E-state index is 14.1. The number of nitrogens with one attached hydrogen (secondary N) is 1. The van der Waals surface area contributed by atoms with Gasteiger partial charge in [-0.1, -0.05) is 68.3 Å². The Morgan fingerprint density at radius 2 is 1.65 bits per heavy atom. The highest BCUT2D eigenvalue weighted by molar-refractivity contribution is 7.92. The topological polar surface area (TPSA) is 86.8 Å². The summed E-state index contributed by atoms with van der Waals surface area (Å²) in [4.78, 5) is 28.9. The number of rotatable bonds is 13. The number of hydrogen-bond acceptors (Lipinski definition) is 4. The zero-order chi connectivity index (χ0) is 29.3. The molecule has 40 heavy (non-hydrogen) atoms. The number of carbonyl (C=O) groups excluding carboxylic acids is 2. The molecule has 0 aliphatic carbocycles. The molecule has 0 aliphatic rings. The van der Waals surface area contributed by atoms with Crippen LogP contribution in [0.1, 0.15) is 49.8 Å². The van der Waals surface area contributed by atoms with E-state index in [1.807, 2.05) is 58.0 Å². The Labute approximate surface area is 243 Å². The normalized spacial score (nSPS) is 12.0. The van der Waals surface area contributed by atoms with Crippen molar-refractivity contribution in [1.29, 1.82) is 0 Å². The minimum absolute atomic E-state index is 0.0148. The van der Waals surface area contributed by atoms with Gasteiger partial charge in [0.1, 0.15) is 12.6 Å². The van der Waals surface area contributed by atoms with Crippen LogP contribution in [0.5, 0.6) is 0 Å². The van der Waals surface area contributed by atoms with E-state index in [2.05, 4.69) is 5.32 Å². The Morgan fingerprint density at radius 3 is 2.27 bits per heavy atom. The summed E-state index contributed by atoms with van der Waals surface area (Å²) in [5.41, 5.74) is 3.07. The molecule has 1 N–H and O–H groups in total. The van der Waals surface area contributed by atoms with Crippen LogP contribution in [0.4, 0.5) is 5.69 Å². The first-order valence-corrected chi connectivity index (χ1v) is 15.4. The molecule has 0 heterocycles. The first-order chi connectivity index (χ1) is 19.1. The number of carbonyl (C=O) groups is 2. The molecule has 0 spiro atoms. The number of sulfonamides is 1. The summed E-state index contributed by atoms with van der Waals surface area (Å²) in [6, 6.07) is 19.7. The molecule has 0 saturated carbocycles. The van der Waals surface area contributed by atoms with Crippen LogP contribution in [0.2, 0.25) is 5.02 Å². The van der Waals surface area contributed by atoms with E-state index in [-0.39, 0.29) is 17.3 Å². The fraction of sp³-hybridized carbons (Fsp3) is 0.355. The molecule has 0 aliphatic heterocycles. The van der Waals surface area contributed by atoms with E-state index in [1.54, 1.807) is 18.2 Å². The zero-order valence-electron chi connectivity index (χ0n) is 23.6. The number of amides is 2. The van der Waals surface area contributed by atoms with Crippen molar-refractivity contribution in [3.8, 4) is 0 Å². The molecule has 214 valence electrons. The quantitative estimate of drug-likeness (QED) is 0.255. The van der Waals surface area contributed by atoms with Crippen molar-refractivity contribution in [2.45, 2.75) is 64.4 Å². The summed E-state index contributed by atoms with van der Waals surface area (Å²) in [5.74, 6) is -0.722. The van der Waals surface area contributed by atoms with Crippen LogP contribution in [-0.2, 0) is 26.2 Å². The van der Waals surface area contributed by atoms with Crippen LogP contribution >= 0.6 is 11.6 Å². The Bertz CT molecular complexity index is 1410. The van der Waals surface area contributed by atoms with E-state index in [1.165, 1.54) is 29.2 Å². The number of nitrogens with zero attached hydrogens (tertiary/aromatic N) is 2. The van der Waals surface area contributed by atoms with Crippen LogP contribution in [0.15, 0.2) is 77.7 Å². The molecule has 7 nitrogen and oxygen atoms in total. The summed E-state index contributed by atoms with van der Waals surface area (Å²) < 4.78 is 28.9. The standard InChI is InChI=1S/C31H38ClN3O4S/c1-5-7-19-33-31(37)29(6-2)34(21-25-13-9-8-12-24(25)4)30(36)22-35(27-14-10-11-23(3)20-27)40(38,39)28-17-15-26(32)16-18-28/h8-18,20,29H,5-7,19,21-22H2,1-4H3,(H,33,37). The molecule has 9 heteroatoms. The third-order valence-corrected chi connectivity index (χ3v) is 8.83. The second kappa shape index (κ2) is 14.3. The van der Waals surface area contributed by atoms with Crippen molar-refractivity contribution in [2.75, 3.05) is 17.4 Å². The maximum atomic E-state index is 14.1. The van der Waals surface area contributed by atoms with Gasteiger partial charge in [-0.15, -0.1) is 0 Å². The molecule has 1 unspecified atom stereocenters. The van der Waals surface area contributed by atoms with Crippen molar-refractivity contribution in [3.63, 3.8) is 0 Å². The summed E-state index contributed by atoms with van der Waals surface area (Å²) >= 11 is 6.01. The summed E-state index contributed by atoms with van der Waals surface area (Å²) in [7, 11) is -4.14. The highest BCUT2D eigenvalue weighted by Crippen LogP contribution is 2.26. The van der Waals surface area contributed by atoms with Crippen molar-refractivity contribution < 1.29 is 18.0 Å². The van der Waals surface area contributed by atoms with Crippen molar-refractivity contribution in [2.24, 2.45) is 0 Å². The second-order valence-electron chi connectivity index (χ2n) is 9.82. The molecule has 1 atom stereocenters. The maximum Gasteiger partial charge on any atom is 0.264 e. The van der Waals surface area contributed by atoms with Gasteiger partial charge in [0.15, 0.2) is 0 Å². The lowest BCUT2D eigenvalue weighted by molar-refractivity contribution is -0.140. The first-order valence-electron chi connectivity index (χ1n) is 13.5. The smallest absolute Gasteiger partial charge is 0.264 e. The lowest BCUT2D eigenvalue weighted by Gasteiger charge is -2.33. The first kappa shape index (κ1) is 31.2. The molecule has 2 amide bonds. The molecule has 3 rings (SSSR count). The van der Waals surface area contributed by atoms with Crippen LogP contribution in [0.25, 0.3) is 0 Å². The Morgan fingerprint density at radius 1 is 0.950 bits per heavy atom. The fourth-order valence-electron chi connectivity index (χ4n) is 4.44. The van der Waals surface area contributed by atoms with Crippen LogP contribution in [0.3, 0.4) is 0 Å². The Hall–Kier alpha value is -3.36. The molecular formula is C31H38ClN3O4S. The largest absolute Gasteiger partial charge is 0.354 e. The number of benzene rings is 3. The third-order valence-electron chi connectivity index (χ3n) is 6.79. The second-order valence-corrected chi connectivity index (χ2v) is 12.1. The monoisotopic (exact) mass is 583 g/mol. The van der Waals surface area contributed by atoms with Crippen molar-refractivity contribution >= 4 is 39.1 Å². The average molecular weight is 584 g/mol. The molecule has 0 fully saturated rings. The number of hydrogen-bond donors (Lipinski definition) is 1. The summed E-state index contributed by atoms with van der Waals surface area (Å²) in [5, 5.41) is 3.35. The average Bonchev–Trinajstić information content (AvgIpc) is 2.92. The van der Waals surface area contributed by atoms with Gasteiger partial charge in [0.25, 0.3) is 10.0 Å². The number of anilines is 1. The zero-order valence-corrected chi connectivity index (χ0v) is 25.1. The van der Waals surface area contributed by atoms with Gasteiger partial charge < -0.3 is 10.2 Å². The molecule has 3 aromatic carbocycles. The molecule has 0 aromatic heterocycles. The molecule has 0 radical (unpaired) electrons. The minimum Gasteiger partial charge on any atom is -0.354 e. The lowest BCUT2D eigenvalue weighted by Crippen LogP contribution is -2.52.